The number of carbonyl (C=O) groups excluding carboxylic acids is 1. The lowest BCUT2D eigenvalue weighted by molar-refractivity contribution is -0.142. The van der Waals surface area contributed by atoms with Gasteiger partial charge in [0.2, 0.25) is 0 Å². The molecule has 0 N–H and O–H groups in total. The van der Waals surface area contributed by atoms with Crippen LogP contribution in [0.1, 0.15) is 12.5 Å². The van der Waals surface area contributed by atoms with Crippen molar-refractivity contribution in [1.29, 1.82) is 0 Å². The van der Waals surface area contributed by atoms with Gasteiger partial charge in [-0.05, 0) is 25.0 Å². The van der Waals surface area contributed by atoms with Crippen LogP contribution in [0.2, 0.25) is 10.0 Å². The molecule has 1 rings (SSSR count). The smallest absolute Gasteiger partial charge is 0.320 e. The van der Waals surface area contributed by atoms with Gasteiger partial charge < -0.3 is 4.74 Å². The maximum atomic E-state index is 11.4. The van der Waals surface area contributed by atoms with Crippen molar-refractivity contribution < 1.29 is 9.53 Å². The molecule has 0 spiro atoms. The highest BCUT2D eigenvalue weighted by Gasteiger charge is 2.18. The molecule has 1 atom stereocenters. The van der Waals surface area contributed by atoms with Crippen LogP contribution in [0.5, 0.6) is 0 Å². The summed E-state index contributed by atoms with van der Waals surface area (Å²) in [4.78, 5) is 11.0. The van der Waals surface area contributed by atoms with E-state index < -0.39 is 4.83 Å². The molecule has 0 fully saturated rings. The molecule has 0 heterocycles. The highest BCUT2D eigenvalue weighted by molar-refractivity contribution is 9.10. The Balaban J connectivity index is 2.73. The molecule has 5 heteroatoms. The number of hydrogen-bond acceptors (Lipinski definition) is 2. The quantitative estimate of drug-likeness (QED) is 0.620. The summed E-state index contributed by atoms with van der Waals surface area (Å²) in [6.45, 7) is 2.13. The first kappa shape index (κ1) is 13.8. The Morgan fingerprint density at radius 1 is 1.50 bits per heavy atom. The first-order valence-electron chi connectivity index (χ1n) is 4.79. The van der Waals surface area contributed by atoms with Gasteiger partial charge in [-0.25, -0.2) is 0 Å². The van der Waals surface area contributed by atoms with Crippen molar-refractivity contribution in [3.8, 4) is 0 Å². The monoisotopic (exact) mass is 324 g/mol. The van der Waals surface area contributed by atoms with Crippen LogP contribution < -0.4 is 0 Å². The van der Waals surface area contributed by atoms with Crippen LogP contribution in [-0.4, -0.2) is 17.4 Å². The van der Waals surface area contributed by atoms with E-state index >= 15 is 0 Å². The van der Waals surface area contributed by atoms with Gasteiger partial charge in [-0.15, -0.1) is 0 Å². The fourth-order valence-corrected chi connectivity index (χ4v) is 2.09. The van der Waals surface area contributed by atoms with Crippen molar-refractivity contribution >= 4 is 45.1 Å². The standard InChI is InChI=1S/C11H11BrCl2O2/c1-2-16-11(15)8(12)6-7-4-3-5-9(13)10(7)14/h3-5,8H,2,6H2,1H3. The Kier molecular flexibility index (Phi) is 5.59. The SMILES string of the molecule is CCOC(=O)C(Br)Cc1cccc(Cl)c1Cl. The minimum absolute atomic E-state index is 0.293. The molecule has 1 aromatic carbocycles. The number of rotatable bonds is 4. The van der Waals surface area contributed by atoms with E-state index in [-0.39, 0.29) is 5.97 Å². The van der Waals surface area contributed by atoms with Gasteiger partial charge in [0, 0.05) is 0 Å². The van der Waals surface area contributed by atoms with Crippen molar-refractivity contribution in [3.63, 3.8) is 0 Å². The molecule has 0 saturated carbocycles. The van der Waals surface area contributed by atoms with Crippen molar-refractivity contribution in [1.82, 2.24) is 0 Å². The van der Waals surface area contributed by atoms with Gasteiger partial charge >= 0.3 is 5.97 Å². The fraction of sp³-hybridized carbons (Fsp3) is 0.364. The maximum absolute atomic E-state index is 11.4. The number of hydrogen-bond donors (Lipinski definition) is 0. The third-order valence-corrected chi connectivity index (χ3v) is 3.53. The number of benzene rings is 1. The average Bonchev–Trinajstić information content (AvgIpc) is 2.25. The molecule has 0 aromatic heterocycles. The van der Waals surface area contributed by atoms with E-state index in [0.29, 0.717) is 23.1 Å². The lowest BCUT2D eigenvalue weighted by atomic mass is 10.1. The van der Waals surface area contributed by atoms with Gasteiger partial charge in [-0.1, -0.05) is 51.3 Å². The van der Waals surface area contributed by atoms with Crippen molar-refractivity contribution in [3.05, 3.63) is 33.8 Å². The summed E-state index contributed by atoms with van der Waals surface area (Å²) >= 11 is 15.2. The molecule has 2 nitrogen and oxygen atoms in total. The summed E-state index contributed by atoms with van der Waals surface area (Å²) in [6, 6.07) is 5.34. The summed E-state index contributed by atoms with van der Waals surface area (Å²) in [5.41, 5.74) is 0.823. The van der Waals surface area contributed by atoms with Gasteiger partial charge in [0.15, 0.2) is 0 Å². The summed E-state index contributed by atoms with van der Waals surface area (Å²) in [5.74, 6) is -0.293. The molecule has 0 amide bonds. The molecule has 0 aliphatic carbocycles. The van der Waals surface area contributed by atoms with E-state index in [2.05, 4.69) is 15.9 Å². The Morgan fingerprint density at radius 2 is 2.19 bits per heavy atom. The Bertz CT molecular complexity index is 382. The highest BCUT2D eigenvalue weighted by atomic mass is 79.9. The van der Waals surface area contributed by atoms with Crippen LogP contribution in [-0.2, 0) is 16.0 Å². The number of esters is 1. The summed E-state index contributed by atoms with van der Waals surface area (Å²) in [7, 11) is 0. The molecule has 0 aliphatic heterocycles. The van der Waals surface area contributed by atoms with Crippen LogP contribution >= 0.6 is 39.1 Å². The molecule has 0 bridgehead atoms. The van der Waals surface area contributed by atoms with Crippen LogP contribution in [0.4, 0.5) is 0 Å². The number of carbonyl (C=O) groups is 1. The first-order valence-corrected chi connectivity index (χ1v) is 6.47. The molecule has 88 valence electrons. The predicted molar refractivity (Wildman–Crippen MR) is 69.5 cm³/mol. The van der Waals surface area contributed by atoms with Crippen LogP contribution in [0.3, 0.4) is 0 Å². The van der Waals surface area contributed by atoms with E-state index in [1.807, 2.05) is 6.07 Å². The summed E-state index contributed by atoms with van der Waals surface area (Å²) in [6.07, 6.45) is 0.457. The molecule has 0 aliphatic rings. The predicted octanol–water partition coefficient (Wildman–Crippen LogP) is 3.86. The lowest BCUT2D eigenvalue weighted by Gasteiger charge is -2.10. The van der Waals surface area contributed by atoms with Gasteiger partial charge in [-0.2, -0.15) is 0 Å². The topological polar surface area (TPSA) is 26.3 Å². The Labute approximate surface area is 113 Å². The Morgan fingerprint density at radius 3 is 2.81 bits per heavy atom. The molecular weight excluding hydrogens is 315 g/mol. The van der Waals surface area contributed by atoms with Crippen molar-refractivity contribution in [2.45, 2.75) is 18.2 Å². The summed E-state index contributed by atoms with van der Waals surface area (Å²) < 4.78 is 4.88. The zero-order chi connectivity index (χ0) is 12.1. The fourth-order valence-electron chi connectivity index (χ4n) is 1.22. The Hall–Kier alpha value is -0.250. The second-order valence-electron chi connectivity index (χ2n) is 3.14. The third-order valence-electron chi connectivity index (χ3n) is 1.97. The molecular formula is C11H11BrCl2O2. The number of halogens is 3. The van der Waals surface area contributed by atoms with Gasteiger partial charge in [-0.3, -0.25) is 4.79 Å². The zero-order valence-corrected chi connectivity index (χ0v) is 11.8. The second-order valence-corrected chi connectivity index (χ2v) is 5.03. The van der Waals surface area contributed by atoms with E-state index in [4.69, 9.17) is 27.9 Å². The molecule has 1 aromatic rings. The second kappa shape index (κ2) is 6.48. The molecule has 0 saturated heterocycles. The minimum Gasteiger partial charge on any atom is -0.465 e. The van der Waals surface area contributed by atoms with Gasteiger partial charge in [0.25, 0.3) is 0 Å². The van der Waals surface area contributed by atoms with Crippen LogP contribution in [0.25, 0.3) is 0 Å². The maximum Gasteiger partial charge on any atom is 0.320 e. The highest BCUT2D eigenvalue weighted by Crippen LogP contribution is 2.27. The average molecular weight is 326 g/mol. The third kappa shape index (κ3) is 3.65. The minimum atomic E-state index is -0.400. The van der Waals surface area contributed by atoms with Crippen LogP contribution in [0.15, 0.2) is 18.2 Å². The van der Waals surface area contributed by atoms with Crippen molar-refractivity contribution in [2.75, 3.05) is 6.61 Å². The first-order chi connectivity index (χ1) is 7.56. The zero-order valence-electron chi connectivity index (χ0n) is 8.67. The number of alkyl halides is 1. The van der Waals surface area contributed by atoms with Crippen molar-refractivity contribution in [2.24, 2.45) is 0 Å². The van der Waals surface area contributed by atoms with E-state index in [0.717, 1.165) is 5.56 Å². The number of ether oxygens (including phenoxy) is 1. The van der Waals surface area contributed by atoms with Crippen LogP contribution in [0, 0.1) is 0 Å². The molecule has 16 heavy (non-hydrogen) atoms. The van der Waals surface area contributed by atoms with E-state index in [1.54, 1.807) is 19.1 Å². The summed E-state index contributed by atoms with van der Waals surface area (Å²) in [5, 5.41) is 0.973. The molecule has 0 radical (unpaired) electrons. The van der Waals surface area contributed by atoms with Gasteiger partial charge in [0.05, 0.1) is 16.7 Å². The van der Waals surface area contributed by atoms with Gasteiger partial charge in [0.1, 0.15) is 4.83 Å². The normalized spacial score (nSPS) is 12.2. The lowest BCUT2D eigenvalue weighted by Crippen LogP contribution is -2.19. The van der Waals surface area contributed by atoms with E-state index in [9.17, 15) is 4.79 Å². The van der Waals surface area contributed by atoms with E-state index in [1.165, 1.54) is 0 Å². The largest absolute Gasteiger partial charge is 0.465 e. The molecule has 1 unspecified atom stereocenters.